The highest BCUT2D eigenvalue weighted by Crippen LogP contribution is 2.25. The molecule has 0 aliphatic carbocycles. The lowest BCUT2D eigenvalue weighted by atomic mass is 9.93. The van der Waals surface area contributed by atoms with Crippen LogP contribution in [0.2, 0.25) is 0 Å². The van der Waals surface area contributed by atoms with Gasteiger partial charge in [-0.05, 0) is 68.9 Å². The molecule has 1 aliphatic heterocycles. The Morgan fingerprint density at radius 3 is 2.61 bits per heavy atom. The second-order valence-electron chi connectivity index (χ2n) is 7.56. The molecule has 28 heavy (non-hydrogen) atoms. The van der Waals surface area contributed by atoms with E-state index in [-0.39, 0.29) is 12.3 Å². The number of benzene rings is 1. The van der Waals surface area contributed by atoms with E-state index in [1.165, 1.54) is 25.7 Å². The van der Waals surface area contributed by atoms with Gasteiger partial charge in [0.2, 0.25) is 0 Å². The molecule has 2 aromatic rings. The standard InChI is InChI=1S/C23H29N3O2/c1-17-22(23(27)16-25)14-21(5-3-2-4-18-10-12-28-13-11-18)26(17)20-8-6-19(15-24)7-9-20/h6-9,14,18H,2-5,10-13,16,25H2,1H3. The van der Waals surface area contributed by atoms with Gasteiger partial charge in [-0.15, -0.1) is 0 Å². The van der Waals surface area contributed by atoms with Crippen molar-refractivity contribution >= 4 is 5.78 Å². The average molecular weight is 380 g/mol. The minimum Gasteiger partial charge on any atom is -0.381 e. The minimum atomic E-state index is -0.0339. The summed E-state index contributed by atoms with van der Waals surface area (Å²) in [4.78, 5) is 12.3. The maximum absolute atomic E-state index is 12.3. The molecule has 0 bridgehead atoms. The lowest BCUT2D eigenvalue weighted by Crippen LogP contribution is -2.15. The van der Waals surface area contributed by atoms with Crippen molar-refractivity contribution in [3.8, 4) is 11.8 Å². The van der Waals surface area contributed by atoms with Crippen molar-refractivity contribution in [1.29, 1.82) is 5.26 Å². The monoisotopic (exact) mass is 379 g/mol. The van der Waals surface area contributed by atoms with Crippen molar-refractivity contribution in [3.63, 3.8) is 0 Å². The number of nitrogens with two attached hydrogens (primary N) is 1. The molecule has 1 aromatic heterocycles. The van der Waals surface area contributed by atoms with E-state index in [2.05, 4.69) is 10.6 Å². The zero-order valence-electron chi connectivity index (χ0n) is 16.6. The third kappa shape index (κ3) is 4.70. The summed E-state index contributed by atoms with van der Waals surface area (Å²) in [6.07, 6.45) is 6.79. The molecule has 0 spiro atoms. The molecule has 5 heteroatoms. The Morgan fingerprint density at radius 2 is 1.96 bits per heavy atom. The van der Waals surface area contributed by atoms with Gasteiger partial charge in [-0.2, -0.15) is 5.26 Å². The number of nitrogens with zero attached hydrogens (tertiary/aromatic N) is 2. The number of carbonyl (C=O) groups excluding carboxylic acids is 1. The Kier molecular flexibility index (Phi) is 7.02. The number of aromatic nitrogens is 1. The van der Waals surface area contributed by atoms with E-state index in [1.807, 2.05) is 37.3 Å². The lowest BCUT2D eigenvalue weighted by molar-refractivity contribution is 0.0631. The maximum Gasteiger partial charge on any atom is 0.178 e. The molecule has 2 heterocycles. The second-order valence-corrected chi connectivity index (χ2v) is 7.56. The summed E-state index contributed by atoms with van der Waals surface area (Å²) in [5.41, 5.74) is 9.96. The summed E-state index contributed by atoms with van der Waals surface area (Å²) in [6, 6.07) is 11.7. The molecule has 1 fully saturated rings. The minimum absolute atomic E-state index is 0.0153. The van der Waals surface area contributed by atoms with Crippen molar-refractivity contribution in [2.45, 2.75) is 45.4 Å². The van der Waals surface area contributed by atoms with Crippen LogP contribution in [0, 0.1) is 24.2 Å². The second kappa shape index (κ2) is 9.68. The van der Waals surface area contributed by atoms with Gasteiger partial charge in [0.05, 0.1) is 18.2 Å². The van der Waals surface area contributed by atoms with Gasteiger partial charge in [0.15, 0.2) is 5.78 Å². The van der Waals surface area contributed by atoms with Crippen LogP contribution in [-0.4, -0.2) is 30.1 Å². The molecule has 5 nitrogen and oxygen atoms in total. The van der Waals surface area contributed by atoms with Gasteiger partial charge in [0.1, 0.15) is 0 Å². The number of hydrogen-bond donors (Lipinski definition) is 1. The van der Waals surface area contributed by atoms with E-state index < -0.39 is 0 Å². The molecular weight excluding hydrogens is 350 g/mol. The number of nitriles is 1. The van der Waals surface area contributed by atoms with Crippen molar-refractivity contribution in [2.24, 2.45) is 11.7 Å². The summed E-state index contributed by atoms with van der Waals surface area (Å²) in [6.45, 7) is 3.78. The number of ether oxygens (including phenoxy) is 1. The average Bonchev–Trinajstić information content (AvgIpc) is 3.07. The van der Waals surface area contributed by atoms with Crippen LogP contribution in [0.1, 0.15) is 59.4 Å². The van der Waals surface area contributed by atoms with E-state index in [0.717, 1.165) is 49.0 Å². The number of Topliss-reactive ketones (excluding diaryl/α,β-unsaturated/α-hetero) is 1. The highest BCUT2D eigenvalue weighted by Gasteiger charge is 2.18. The molecule has 0 saturated carbocycles. The fraction of sp³-hybridized carbons (Fsp3) is 0.478. The van der Waals surface area contributed by atoms with Gasteiger partial charge >= 0.3 is 0 Å². The fourth-order valence-corrected chi connectivity index (χ4v) is 4.07. The first-order chi connectivity index (χ1) is 13.6. The zero-order chi connectivity index (χ0) is 19.9. The lowest BCUT2D eigenvalue weighted by Gasteiger charge is -2.21. The summed E-state index contributed by atoms with van der Waals surface area (Å²) in [7, 11) is 0. The Morgan fingerprint density at radius 1 is 1.25 bits per heavy atom. The van der Waals surface area contributed by atoms with Crippen molar-refractivity contribution in [2.75, 3.05) is 19.8 Å². The Balaban J connectivity index is 1.76. The third-order valence-electron chi connectivity index (χ3n) is 5.70. The van der Waals surface area contributed by atoms with E-state index in [9.17, 15) is 4.79 Å². The molecule has 3 rings (SSSR count). The Bertz CT molecular complexity index is 840. The zero-order valence-corrected chi connectivity index (χ0v) is 16.6. The van der Waals surface area contributed by atoms with Crippen LogP contribution in [0.25, 0.3) is 5.69 Å². The summed E-state index contributed by atoms with van der Waals surface area (Å²) in [5.74, 6) is 0.753. The molecule has 1 saturated heterocycles. The molecule has 148 valence electrons. The van der Waals surface area contributed by atoms with Crippen LogP contribution in [0.5, 0.6) is 0 Å². The number of rotatable bonds is 8. The molecule has 0 radical (unpaired) electrons. The van der Waals surface area contributed by atoms with Gasteiger partial charge < -0.3 is 15.0 Å². The molecule has 0 amide bonds. The first-order valence-electron chi connectivity index (χ1n) is 10.2. The van der Waals surface area contributed by atoms with E-state index in [1.54, 1.807) is 0 Å². The summed E-state index contributed by atoms with van der Waals surface area (Å²) < 4.78 is 7.58. The predicted molar refractivity (Wildman–Crippen MR) is 110 cm³/mol. The Labute approximate surface area is 167 Å². The number of ketones is 1. The predicted octanol–water partition coefficient (Wildman–Crippen LogP) is 3.94. The van der Waals surface area contributed by atoms with Crippen LogP contribution >= 0.6 is 0 Å². The fourth-order valence-electron chi connectivity index (χ4n) is 4.07. The van der Waals surface area contributed by atoms with Crippen LogP contribution in [0.15, 0.2) is 30.3 Å². The molecular formula is C23H29N3O2. The van der Waals surface area contributed by atoms with Crippen LogP contribution < -0.4 is 5.73 Å². The van der Waals surface area contributed by atoms with Crippen molar-refractivity contribution in [3.05, 3.63) is 52.8 Å². The van der Waals surface area contributed by atoms with Crippen molar-refractivity contribution in [1.82, 2.24) is 4.57 Å². The normalized spacial score (nSPS) is 14.8. The molecule has 0 unspecified atom stereocenters. The third-order valence-corrected chi connectivity index (χ3v) is 5.70. The number of hydrogen-bond acceptors (Lipinski definition) is 4. The number of unbranched alkanes of at least 4 members (excludes halogenated alkanes) is 1. The summed E-state index contributed by atoms with van der Waals surface area (Å²) >= 11 is 0. The van der Waals surface area contributed by atoms with E-state index in [4.69, 9.17) is 15.7 Å². The van der Waals surface area contributed by atoms with Crippen LogP contribution in [0.3, 0.4) is 0 Å². The van der Waals surface area contributed by atoms with Gasteiger partial charge in [-0.1, -0.05) is 12.8 Å². The largest absolute Gasteiger partial charge is 0.381 e. The molecule has 1 aliphatic rings. The number of aryl methyl sites for hydroxylation is 1. The first-order valence-corrected chi connectivity index (χ1v) is 10.2. The first kappa shape index (κ1) is 20.3. The topological polar surface area (TPSA) is 81.0 Å². The van der Waals surface area contributed by atoms with Crippen molar-refractivity contribution < 1.29 is 9.53 Å². The van der Waals surface area contributed by atoms with Crippen LogP contribution in [-0.2, 0) is 11.2 Å². The Hall–Kier alpha value is -2.42. The van der Waals surface area contributed by atoms with Gasteiger partial charge in [-0.25, -0.2) is 0 Å². The molecule has 0 atom stereocenters. The molecule has 2 N–H and O–H groups in total. The van der Waals surface area contributed by atoms with Gasteiger partial charge in [-0.3, -0.25) is 4.79 Å². The quantitative estimate of drug-likeness (QED) is 0.556. The highest BCUT2D eigenvalue weighted by atomic mass is 16.5. The SMILES string of the molecule is Cc1c(C(=O)CN)cc(CCCCC2CCOCC2)n1-c1ccc(C#N)cc1. The molecule has 1 aromatic carbocycles. The highest BCUT2D eigenvalue weighted by molar-refractivity contribution is 5.99. The van der Waals surface area contributed by atoms with E-state index >= 15 is 0 Å². The van der Waals surface area contributed by atoms with E-state index in [0.29, 0.717) is 11.1 Å². The smallest absolute Gasteiger partial charge is 0.178 e. The summed E-state index contributed by atoms with van der Waals surface area (Å²) in [5, 5.41) is 9.04. The van der Waals surface area contributed by atoms with Gasteiger partial charge in [0, 0.05) is 35.9 Å². The van der Waals surface area contributed by atoms with Crippen LogP contribution in [0.4, 0.5) is 0 Å². The number of carbonyl (C=O) groups is 1. The van der Waals surface area contributed by atoms with Gasteiger partial charge in [0.25, 0.3) is 0 Å². The maximum atomic E-state index is 12.3.